The number of halogens is 1. The molecule has 37 heavy (non-hydrogen) atoms. The van der Waals surface area contributed by atoms with E-state index in [-0.39, 0.29) is 17.3 Å². The predicted octanol–water partition coefficient (Wildman–Crippen LogP) is 8.21. The van der Waals surface area contributed by atoms with Crippen LogP contribution in [0.25, 0.3) is 0 Å². The number of nitrogens with zero attached hydrogens (tertiary/aromatic N) is 1. The maximum atomic E-state index is 12.6. The van der Waals surface area contributed by atoms with E-state index in [9.17, 15) is 15.1 Å². The van der Waals surface area contributed by atoms with Crippen molar-refractivity contribution in [3.05, 3.63) is 54.1 Å². The zero-order valence-electron chi connectivity index (χ0n) is 22.9. The number of alkyl halides is 1. The molecule has 3 N–H and O–H groups in total. The molecule has 0 aliphatic carbocycles. The van der Waals surface area contributed by atoms with Gasteiger partial charge >= 0.3 is 0 Å². The van der Waals surface area contributed by atoms with Crippen LogP contribution in [0.5, 0.6) is 11.5 Å². The Morgan fingerprint density at radius 2 is 1.62 bits per heavy atom. The summed E-state index contributed by atoms with van der Waals surface area (Å²) in [6, 6.07) is 14.3. The minimum absolute atomic E-state index is 0.128. The predicted molar refractivity (Wildman–Crippen MR) is 151 cm³/mol. The number of hydroxylamine groups is 1. The van der Waals surface area contributed by atoms with Gasteiger partial charge in [-0.3, -0.25) is 15.4 Å². The van der Waals surface area contributed by atoms with Gasteiger partial charge in [0.2, 0.25) is 0 Å². The highest BCUT2D eigenvalue weighted by Gasteiger charge is 2.24. The molecule has 6 nitrogen and oxygen atoms in total. The standard InChI is InChI=1S/C30H45ClN2O4/c1-5-6-7-8-9-10-14-17-24(37-25-19-21-28(34)26(22-25)30(2,3)4)18-20-27(31)29(35)33(36)32-23-15-12-11-13-16-23/h11-13,15-16,19,21-22,24,27,32,34,36H,5-10,14,17-18,20H2,1-4H3. The van der Waals surface area contributed by atoms with Gasteiger partial charge in [0.1, 0.15) is 16.9 Å². The van der Waals surface area contributed by atoms with E-state index >= 15 is 0 Å². The molecule has 0 aliphatic heterocycles. The normalized spacial score (nSPS) is 13.1. The van der Waals surface area contributed by atoms with Crippen LogP contribution in [0, 0.1) is 0 Å². The summed E-state index contributed by atoms with van der Waals surface area (Å²) in [5.74, 6) is 0.339. The third kappa shape index (κ3) is 11.2. The van der Waals surface area contributed by atoms with E-state index in [1.165, 1.54) is 32.1 Å². The van der Waals surface area contributed by atoms with E-state index in [2.05, 4.69) is 33.1 Å². The molecular weight excluding hydrogens is 488 g/mol. The Labute approximate surface area is 227 Å². The number of phenolic OH excluding ortho intramolecular Hbond substituents is 1. The highest BCUT2D eigenvalue weighted by Crippen LogP contribution is 2.34. The van der Waals surface area contributed by atoms with Crippen molar-refractivity contribution in [2.24, 2.45) is 0 Å². The maximum absolute atomic E-state index is 12.6. The lowest BCUT2D eigenvalue weighted by Gasteiger charge is -2.25. The van der Waals surface area contributed by atoms with Crippen molar-refractivity contribution >= 4 is 23.2 Å². The zero-order chi connectivity index (χ0) is 27.3. The quantitative estimate of drug-likeness (QED) is 0.0877. The number of hydrogen-bond donors (Lipinski definition) is 3. The van der Waals surface area contributed by atoms with Gasteiger partial charge in [-0.1, -0.05) is 84.4 Å². The van der Waals surface area contributed by atoms with E-state index in [1.807, 2.05) is 12.1 Å². The molecule has 206 valence electrons. The Balaban J connectivity index is 1.98. The average Bonchev–Trinajstić information content (AvgIpc) is 2.86. The Morgan fingerprint density at radius 3 is 2.27 bits per heavy atom. The molecule has 0 saturated carbocycles. The van der Waals surface area contributed by atoms with E-state index < -0.39 is 11.3 Å². The van der Waals surface area contributed by atoms with Crippen molar-refractivity contribution < 1.29 is 19.8 Å². The molecular formula is C30H45ClN2O4. The van der Waals surface area contributed by atoms with E-state index in [4.69, 9.17) is 16.3 Å². The van der Waals surface area contributed by atoms with E-state index in [1.54, 1.807) is 36.4 Å². The maximum Gasteiger partial charge on any atom is 0.284 e. The van der Waals surface area contributed by atoms with Gasteiger partial charge in [0.25, 0.3) is 5.91 Å². The van der Waals surface area contributed by atoms with Crippen LogP contribution in [0.4, 0.5) is 5.69 Å². The number of ether oxygens (including phenoxy) is 1. The van der Waals surface area contributed by atoms with Crippen LogP contribution in [-0.2, 0) is 10.2 Å². The van der Waals surface area contributed by atoms with Crippen LogP contribution in [0.15, 0.2) is 48.5 Å². The number of anilines is 1. The summed E-state index contributed by atoms with van der Waals surface area (Å²) in [4.78, 5) is 12.6. The summed E-state index contributed by atoms with van der Waals surface area (Å²) < 4.78 is 6.36. The highest BCUT2D eigenvalue weighted by molar-refractivity contribution is 6.30. The molecule has 0 aromatic heterocycles. The van der Waals surface area contributed by atoms with Gasteiger partial charge in [-0.25, -0.2) is 0 Å². The molecule has 0 spiro atoms. The van der Waals surface area contributed by atoms with Gasteiger partial charge in [0.05, 0.1) is 11.8 Å². The van der Waals surface area contributed by atoms with Crippen LogP contribution in [-0.4, -0.2) is 32.9 Å². The summed E-state index contributed by atoms with van der Waals surface area (Å²) in [5, 5.41) is 20.0. The minimum Gasteiger partial charge on any atom is -0.508 e. The minimum atomic E-state index is -0.897. The molecule has 2 rings (SSSR count). The number of nitrogens with one attached hydrogen (secondary N) is 1. The monoisotopic (exact) mass is 532 g/mol. The first-order valence-electron chi connectivity index (χ1n) is 13.6. The van der Waals surface area contributed by atoms with Crippen LogP contribution < -0.4 is 10.2 Å². The lowest BCUT2D eigenvalue weighted by atomic mass is 9.86. The third-order valence-electron chi connectivity index (χ3n) is 6.44. The van der Waals surface area contributed by atoms with E-state index in [0.717, 1.165) is 24.8 Å². The molecule has 2 aromatic rings. The number of aromatic hydroxyl groups is 1. The van der Waals surface area contributed by atoms with Crippen molar-refractivity contribution in [1.29, 1.82) is 0 Å². The average molecular weight is 533 g/mol. The number of benzene rings is 2. The molecule has 0 bridgehead atoms. The topological polar surface area (TPSA) is 82.0 Å². The Morgan fingerprint density at radius 1 is 0.973 bits per heavy atom. The van der Waals surface area contributed by atoms with Crippen LogP contribution >= 0.6 is 11.6 Å². The molecule has 0 radical (unpaired) electrons. The molecule has 0 heterocycles. The fraction of sp³-hybridized carbons (Fsp3) is 0.567. The second-order valence-corrected chi connectivity index (χ2v) is 11.3. The van der Waals surface area contributed by atoms with Gasteiger partial charge in [-0.2, -0.15) is 0 Å². The number of phenols is 1. The van der Waals surface area contributed by atoms with Gasteiger partial charge in [0, 0.05) is 5.56 Å². The SMILES string of the molecule is CCCCCCCCCC(CCC(Cl)C(=O)N(O)Nc1ccccc1)Oc1ccc(O)c(C(C)(C)C)c1. The lowest BCUT2D eigenvalue weighted by molar-refractivity contribution is -0.159. The molecule has 0 saturated heterocycles. The highest BCUT2D eigenvalue weighted by atomic mass is 35.5. The number of hydrazine groups is 1. The van der Waals surface area contributed by atoms with Crippen LogP contribution in [0.2, 0.25) is 0 Å². The second-order valence-electron chi connectivity index (χ2n) is 10.8. The fourth-order valence-electron chi connectivity index (χ4n) is 4.25. The first kappa shape index (κ1) is 30.8. The number of hydrogen-bond acceptors (Lipinski definition) is 5. The number of amides is 1. The summed E-state index contributed by atoms with van der Waals surface area (Å²) >= 11 is 6.40. The van der Waals surface area contributed by atoms with Crippen LogP contribution in [0.1, 0.15) is 97.5 Å². The zero-order valence-corrected chi connectivity index (χ0v) is 23.6. The summed E-state index contributed by atoms with van der Waals surface area (Å²) in [6.45, 7) is 8.38. The summed E-state index contributed by atoms with van der Waals surface area (Å²) in [6.07, 6.45) is 10.1. The Hall–Kier alpha value is -2.44. The molecule has 0 fully saturated rings. The number of unbranched alkanes of at least 4 members (excludes halogenated alkanes) is 6. The number of rotatable bonds is 16. The van der Waals surface area contributed by atoms with Gasteiger partial charge < -0.3 is 9.84 Å². The second kappa shape index (κ2) is 15.7. The van der Waals surface area contributed by atoms with Gasteiger partial charge in [0.15, 0.2) is 0 Å². The number of para-hydroxylation sites is 1. The first-order valence-corrected chi connectivity index (χ1v) is 14.0. The molecule has 0 aliphatic rings. The Kier molecular flexibility index (Phi) is 13.1. The van der Waals surface area contributed by atoms with Gasteiger partial charge in [-0.15, -0.1) is 16.8 Å². The number of carbonyl (C=O) groups is 1. The van der Waals surface area contributed by atoms with E-state index in [0.29, 0.717) is 29.5 Å². The Bertz CT molecular complexity index is 933. The first-order chi connectivity index (χ1) is 17.6. The van der Waals surface area contributed by atoms with Crippen molar-refractivity contribution in [1.82, 2.24) is 5.17 Å². The smallest absolute Gasteiger partial charge is 0.284 e. The van der Waals surface area contributed by atoms with Crippen LogP contribution in [0.3, 0.4) is 0 Å². The van der Waals surface area contributed by atoms with Gasteiger partial charge in [-0.05, 0) is 61.4 Å². The largest absolute Gasteiger partial charge is 0.508 e. The molecule has 1 amide bonds. The fourth-order valence-corrected chi connectivity index (χ4v) is 4.47. The summed E-state index contributed by atoms with van der Waals surface area (Å²) in [5.41, 5.74) is 3.83. The lowest BCUT2D eigenvalue weighted by Crippen LogP contribution is -2.38. The molecule has 2 aromatic carbocycles. The van der Waals surface area contributed by atoms with Crippen molar-refractivity contribution in [2.45, 2.75) is 109 Å². The molecule has 2 atom stereocenters. The third-order valence-corrected chi connectivity index (χ3v) is 6.84. The van der Waals surface area contributed by atoms with Crippen molar-refractivity contribution in [2.75, 3.05) is 5.43 Å². The van der Waals surface area contributed by atoms with Crippen molar-refractivity contribution in [3.63, 3.8) is 0 Å². The summed E-state index contributed by atoms with van der Waals surface area (Å²) in [7, 11) is 0. The number of carbonyl (C=O) groups excluding carboxylic acids is 1. The molecule has 2 unspecified atom stereocenters. The molecule has 7 heteroatoms. The van der Waals surface area contributed by atoms with Crippen molar-refractivity contribution in [3.8, 4) is 11.5 Å².